The van der Waals surface area contributed by atoms with Gasteiger partial charge in [0.1, 0.15) is 23.7 Å². The van der Waals surface area contributed by atoms with Crippen LogP contribution in [0.4, 0.5) is 0 Å². The van der Waals surface area contributed by atoms with Crippen LogP contribution in [0.3, 0.4) is 0 Å². The number of hydrogen-bond acceptors (Lipinski definition) is 2. The van der Waals surface area contributed by atoms with Crippen molar-refractivity contribution in [3.05, 3.63) is 58.7 Å². The van der Waals surface area contributed by atoms with Crippen LogP contribution in [0.1, 0.15) is 36.1 Å². The second-order valence-corrected chi connectivity index (χ2v) is 6.33. The van der Waals surface area contributed by atoms with E-state index >= 15 is 0 Å². The zero-order valence-corrected chi connectivity index (χ0v) is 12.6. The first-order valence-corrected chi connectivity index (χ1v) is 7.74. The quantitative estimate of drug-likeness (QED) is 0.830. The lowest BCUT2D eigenvalue weighted by molar-refractivity contribution is 0.254. The van der Waals surface area contributed by atoms with E-state index in [1.807, 2.05) is 0 Å². The van der Waals surface area contributed by atoms with Gasteiger partial charge < -0.3 is 9.47 Å². The van der Waals surface area contributed by atoms with Gasteiger partial charge in [0.15, 0.2) is 0 Å². The maximum Gasteiger partial charge on any atom is 0.123 e. The summed E-state index contributed by atoms with van der Waals surface area (Å²) < 4.78 is 11.5. The van der Waals surface area contributed by atoms with Crippen molar-refractivity contribution in [3.8, 4) is 11.5 Å². The molecule has 0 spiro atoms. The number of hydrogen-bond donors (Lipinski definition) is 0. The first-order chi connectivity index (χ1) is 10.2. The molecule has 2 aliphatic rings. The highest BCUT2D eigenvalue weighted by molar-refractivity contribution is 5.45. The maximum atomic E-state index is 5.77. The number of rotatable bonds is 2. The van der Waals surface area contributed by atoms with E-state index in [1.165, 1.54) is 22.3 Å². The van der Waals surface area contributed by atoms with E-state index in [1.54, 1.807) is 0 Å². The second kappa shape index (κ2) is 4.80. The zero-order valence-electron chi connectivity index (χ0n) is 12.6. The van der Waals surface area contributed by atoms with E-state index in [4.69, 9.17) is 9.47 Å². The lowest BCUT2D eigenvalue weighted by Gasteiger charge is -2.06. The van der Waals surface area contributed by atoms with Crippen molar-refractivity contribution in [2.75, 3.05) is 0 Å². The molecular formula is C19H20O2. The van der Waals surface area contributed by atoms with Gasteiger partial charge >= 0.3 is 0 Å². The largest absolute Gasteiger partial charge is 0.490 e. The van der Waals surface area contributed by atoms with Crippen molar-refractivity contribution >= 4 is 0 Å². The molecule has 2 aromatic carbocycles. The molecule has 0 aromatic heterocycles. The fraction of sp³-hybridized carbons (Fsp3) is 0.368. The fourth-order valence-corrected chi connectivity index (χ4v) is 3.41. The predicted molar refractivity (Wildman–Crippen MR) is 83.3 cm³/mol. The third kappa shape index (κ3) is 2.39. The standard InChI is InChI=1S/C19H20O2/c1-12-7-16-10-14(3-5-18(16)20-12)9-15-4-6-19-17(11-15)8-13(2)21-19/h3-6,10-13H,7-9H2,1-2H3. The molecule has 21 heavy (non-hydrogen) atoms. The van der Waals surface area contributed by atoms with Gasteiger partial charge in [0.25, 0.3) is 0 Å². The van der Waals surface area contributed by atoms with Crippen LogP contribution in [0.15, 0.2) is 36.4 Å². The molecule has 2 aromatic rings. The highest BCUT2D eigenvalue weighted by Gasteiger charge is 2.20. The zero-order chi connectivity index (χ0) is 14.4. The molecule has 2 nitrogen and oxygen atoms in total. The van der Waals surface area contributed by atoms with Gasteiger partial charge in [-0.3, -0.25) is 0 Å². The van der Waals surface area contributed by atoms with E-state index in [9.17, 15) is 0 Å². The van der Waals surface area contributed by atoms with Gasteiger partial charge in [-0.05, 0) is 54.7 Å². The molecule has 2 aliphatic heterocycles. The maximum absolute atomic E-state index is 5.77. The molecule has 2 heterocycles. The number of benzene rings is 2. The molecule has 0 bridgehead atoms. The van der Waals surface area contributed by atoms with Gasteiger partial charge in [0.2, 0.25) is 0 Å². The van der Waals surface area contributed by atoms with Crippen molar-refractivity contribution in [2.45, 2.75) is 45.3 Å². The number of ether oxygens (including phenoxy) is 2. The highest BCUT2D eigenvalue weighted by atomic mass is 16.5. The Hall–Kier alpha value is -1.96. The summed E-state index contributed by atoms with van der Waals surface area (Å²) in [7, 11) is 0. The fourth-order valence-electron chi connectivity index (χ4n) is 3.41. The molecule has 4 rings (SSSR count). The van der Waals surface area contributed by atoms with E-state index in [0.29, 0.717) is 12.2 Å². The smallest absolute Gasteiger partial charge is 0.123 e. The average Bonchev–Trinajstić information content (AvgIpc) is 2.98. The Morgan fingerprint density at radius 1 is 0.810 bits per heavy atom. The van der Waals surface area contributed by atoms with E-state index < -0.39 is 0 Å². The molecule has 0 aliphatic carbocycles. The normalized spacial score (nSPS) is 22.4. The Morgan fingerprint density at radius 2 is 1.29 bits per heavy atom. The summed E-state index contributed by atoms with van der Waals surface area (Å²) in [6.45, 7) is 4.25. The lowest BCUT2D eigenvalue weighted by atomic mass is 9.99. The summed E-state index contributed by atoms with van der Waals surface area (Å²) in [6.07, 6.45) is 3.66. The Bertz CT molecular complexity index is 630. The summed E-state index contributed by atoms with van der Waals surface area (Å²) in [5, 5.41) is 0. The minimum Gasteiger partial charge on any atom is -0.490 e. The van der Waals surface area contributed by atoms with Crippen molar-refractivity contribution in [1.29, 1.82) is 0 Å². The Balaban J connectivity index is 1.57. The van der Waals surface area contributed by atoms with Gasteiger partial charge in [-0.2, -0.15) is 0 Å². The van der Waals surface area contributed by atoms with Crippen molar-refractivity contribution in [2.24, 2.45) is 0 Å². The van der Waals surface area contributed by atoms with Crippen LogP contribution in [0.5, 0.6) is 11.5 Å². The summed E-state index contributed by atoms with van der Waals surface area (Å²) in [5.74, 6) is 2.12. The third-order valence-corrected chi connectivity index (χ3v) is 4.33. The van der Waals surface area contributed by atoms with Crippen LogP contribution in [0.2, 0.25) is 0 Å². The Morgan fingerprint density at radius 3 is 1.76 bits per heavy atom. The SMILES string of the molecule is CC1Cc2cc(Cc3ccc4c(c3)CC(C)O4)ccc2O1. The average molecular weight is 280 g/mol. The van der Waals surface area contributed by atoms with E-state index in [-0.39, 0.29) is 0 Å². The molecule has 2 unspecified atom stereocenters. The molecule has 108 valence electrons. The molecule has 0 N–H and O–H groups in total. The van der Waals surface area contributed by atoms with Crippen LogP contribution in [-0.4, -0.2) is 12.2 Å². The topological polar surface area (TPSA) is 18.5 Å². The molecule has 0 radical (unpaired) electrons. The van der Waals surface area contributed by atoms with E-state index in [0.717, 1.165) is 30.8 Å². The molecule has 0 saturated carbocycles. The first kappa shape index (κ1) is 12.8. The molecular weight excluding hydrogens is 260 g/mol. The van der Waals surface area contributed by atoms with Gasteiger partial charge in [-0.15, -0.1) is 0 Å². The van der Waals surface area contributed by atoms with Gasteiger partial charge in [-0.25, -0.2) is 0 Å². The van der Waals surface area contributed by atoms with Crippen molar-refractivity contribution < 1.29 is 9.47 Å². The molecule has 2 heteroatoms. The van der Waals surface area contributed by atoms with Gasteiger partial charge in [0.05, 0.1) is 0 Å². The molecule has 2 atom stereocenters. The van der Waals surface area contributed by atoms with Gasteiger partial charge in [-0.1, -0.05) is 24.3 Å². The minimum absolute atomic E-state index is 0.314. The number of fused-ring (bicyclic) bond motifs is 2. The third-order valence-electron chi connectivity index (χ3n) is 4.33. The Kier molecular flexibility index (Phi) is 2.91. The summed E-state index contributed by atoms with van der Waals surface area (Å²) in [5.41, 5.74) is 5.41. The highest BCUT2D eigenvalue weighted by Crippen LogP contribution is 2.32. The van der Waals surface area contributed by atoms with Crippen molar-refractivity contribution in [1.82, 2.24) is 0 Å². The van der Waals surface area contributed by atoms with E-state index in [2.05, 4.69) is 50.2 Å². The minimum atomic E-state index is 0.314. The van der Waals surface area contributed by atoms with Crippen LogP contribution >= 0.6 is 0 Å². The molecule has 0 saturated heterocycles. The monoisotopic (exact) mass is 280 g/mol. The Labute approximate surface area is 125 Å². The lowest BCUT2D eigenvalue weighted by Crippen LogP contribution is -2.05. The summed E-state index contributed by atoms with van der Waals surface area (Å²) in [4.78, 5) is 0. The second-order valence-electron chi connectivity index (χ2n) is 6.33. The van der Waals surface area contributed by atoms with Crippen LogP contribution in [0, 0.1) is 0 Å². The molecule has 0 amide bonds. The van der Waals surface area contributed by atoms with Crippen LogP contribution in [-0.2, 0) is 19.3 Å². The molecule has 0 fully saturated rings. The van der Waals surface area contributed by atoms with Gasteiger partial charge in [0, 0.05) is 12.8 Å². The predicted octanol–water partition coefficient (Wildman–Crippen LogP) is 3.92. The van der Waals surface area contributed by atoms with Crippen LogP contribution in [0.25, 0.3) is 0 Å². The van der Waals surface area contributed by atoms with Crippen molar-refractivity contribution in [3.63, 3.8) is 0 Å². The van der Waals surface area contributed by atoms with Crippen LogP contribution < -0.4 is 9.47 Å². The summed E-state index contributed by atoms with van der Waals surface area (Å²) in [6, 6.07) is 13.2. The summed E-state index contributed by atoms with van der Waals surface area (Å²) >= 11 is 0. The first-order valence-electron chi connectivity index (χ1n) is 7.74.